The van der Waals surface area contributed by atoms with Crippen molar-refractivity contribution in [2.45, 2.75) is 38.7 Å². The number of rotatable bonds is 5. The Bertz CT molecular complexity index is 730. The van der Waals surface area contributed by atoms with E-state index in [1.165, 1.54) is 12.1 Å². The fourth-order valence-corrected chi connectivity index (χ4v) is 2.61. The van der Waals surface area contributed by atoms with Crippen molar-refractivity contribution in [2.75, 3.05) is 0 Å². The highest BCUT2D eigenvalue weighted by atomic mass is 32.2. The summed E-state index contributed by atoms with van der Waals surface area (Å²) in [5.41, 5.74) is 1.36. The van der Waals surface area contributed by atoms with Crippen LogP contribution in [0.4, 0.5) is 0 Å². The van der Waals surface area contributed by atoms with Gasteiger partial charge in [-0.2, -0.15) is 4.98 Å². The average Bonchev–Trinajstić information content (AvgIpc) is 2.84. The summed E-state index contributed by atoms with van der Waals surface area (Å²) in [5, 5.41) is 8.92. The highest BCUT2D eigenvalue weighted by Gasteiger charge is 2.14. The fraction of sp³-hybridized carbons (Fsp3) is 0.385. The van der Waals surface area contributed by atoms with E-state index < -0.39 is 10.0 Å². The molecule has 21 heavy (non-hydrogen) atoms. The smallest absolute Gasteiger partial charge is 0.238 e. The number of hydrogen-bond acceptors (Lipinski definition) is 6. The van der Waals surface area contributed by atoms with Gasteiger partial charge in [0.15, 0.2) is 6.61 Å². The molecule has 0 atom stereocenters. The minimum atomic E-state index is -3.73. The van der Waals surface area contributed by atoms with Gasteiger partial charge in [-0.25, -0.2) is 13.6 Å². The number of nitrogens with zero attached hydrogens (tertiary/aromatic N) is 2. The van der Waals surface area contributed by atoms with Crippen molar-refractivity contribution in [2.24, 2.45) is 5.14 Å². The number of primary sulfonamides is 1. The van der Waals surface area contributed by atoms with Crippen molar-refractivity contribution >= 4 is 10.0 Å². The molecular weight excluding hydrogens is 294 g/mol. The summed E-state index contributed by atoms with van der Waals surface area (Å²) in [4.78, 5) is 4.21. The third-order valence-electron chi connectivity index (χ3n) is 2.92. The van der Waals surface area contributed by atoms with E-state index in [1.807, 2.05) is 6.92 Å². The van der Waals surface area contributed by atoms with Gasteiger partial charge in [0.05, 0.1) is 4.90 Å². The second-order valence-corrected chi connectivity index (χ2v) is 6.24. The molecule has 8 heteroatoms. The van der Waals surface area contributed by atoms with Crippen LogP contribution in [0.2, 0.25) is 0 Å². The molecule has 0 aliphatic carbocycles. The lowest BCUT2D eigenvalue weighted by molar-refractivity contribution is 0.281. The molecule has 114 valence electrons. The van der Waals surface area contributed by atoms with Gasteiger partial charge in [0.2, 0.25) is 21.7 Å². The molecule has 0 saturated heterocycles. The predicted molar refractivity (Wildman–Crippen MR) is 75.3 cm³/mol. The van der Waals surface area contributed by atoms with Gasteiger partial charge in [0, 0.05) is 6.42 Å². The zero-order valence-corrected chi connectivity index (χ0v) is 12.9. The van der Waals surface area contributed by atoms with Crippen molar-refractivity contribution < 1.29 is 17.7 Å². The van der Waals surface area contributed by atoms with Crippen molar-refractivity contribution in [1.82, 2.24) is 10.1 Å². The molecule has 0 amide bonds. The minimum Gasteiger partial charge on any atom is -0.485 e. The van der Waals surface area contributed by atoms with Crippen LogP contribution in [-0.4, -0.2) is 18.6 Å². The van der Waals surface area contributed by atoms with E-state index >= 15 is 0 Å². The summed E-state index contributed by atoms with van der Waals surface area (Å²) in [5.74, 6) is 1.58. The van der Waals surface area contributed by atoms with Crippen molar-refractivity contribution in [3.63, 3.8) is 0 Å². The van der Waals surface area contributed by atoms with Crippen molar-refractivity contribution in [3.05, 3.63) is 35.0 Å². The van der Waals surface area contributed by atoms with Gasteiger partial charge in [-0.1, -0.05) is 12.1 Å². The van der Waals surface area contributed by atoms with E-state index in [1.54, 1.807) is 13.8 Å². The molecule has 0 fully saturated rings. The molecule has 0 unspecified atom stereocenters. The Balaban J connectivity index is 2.21. The van der Waals surface area contributed by atoms with Crippen molar-refractivity contribution in [1.29, 1.82) is 0 Å². The average molecular weight is 311 g/mol. The summed E-state index contributed by atoms with van der Waals surface area (Å²) < 4.78 is 33.4. The van der Waals surface area contributed by atoms with Crippen LogP contribution in [-0.2, 0) is 23.1 Å². The van der Waals surface area contributed by atoms with Crippen LogP contribution in [0.15, 0.2) is 21.6 Å². The highest BCUT2D eigenvalue weighted by Crippen LogP contribution is 2.27. The van der Waals surface area contributed by atoms with Gasteiger partial charge in [-0.3, -0.25) is 0 Å². The first-order chi connectivity index (χ1) is 9.81. The third kappa shape index (κ3) is 3.59. The number of aromatic nitrogens is 2. The van der Waals surface area contributed by atoms with Crippen LogP contribution in [0.3, 0.4) is 0 Å². The van der Waals surface area contributed by atoms with Crippen LogP contribution in [0.1, 0.15) is 29.8 Å². The van der Waals surface area contributed by atoms with Gasteiger partial charge in [0.1, 0.15) is 5.75 Å². The SMILES string of the molecule is CCc1nc(COc2c(C)cc(S(N)(=O)=O)cc2C)no1. The number of hydrogen-bond donors (Lipinski definition) is 1. The molecule has 1 aromatic heterocycles. The number of nitrogens with two attached hydrogens (primary N) is 1. The van der Waals surface area contributed by atoms with E-state index in [4.69, 9.17) is 14.4 Å². The Kier molecular flexibility index (Phi) is 4.29. The lowest BCUT2D eigenvalue weighted by atomic mass is 10.1. The van der Waals surface area contributed by atoms with Crippen LogP contribution in [0.5, 0.6) is 5.75 Å². The quantitative estimate of drug-likeness (QED) is 0.895. The maximum absolute atomic E-state index is 11.4. The Morgan fingerprint density at radius 3 is 2.38 bits per heavy atom. The van der Waals surface area contributed by atoms with E-state index in [0.29, 0.717) is 35.0 Å². The third-order valence-corrected chi connectivity index (χ3v) is 3.81. The second-order valence-electron chi connectivity index (χ2n) is 4.68. The summed E-state index contributed by atoms with van der Waals surface area (Å²) in [6.07, 6.45) is 0.661. The molecule has 0 radical (unpaired) electrons. The standard InChI is InChI=1S/C13H17N3O4S/c1-4-12-15-11(16-20-12)7-19-13-8(2)5-10(6-9(13)3)21(14,17)18/h5-6H,4,7H2,1-3H3,(H2,14,17,18). The Morgan fingerprint density at radius 1 is 1.29 bits per heavy atom. The van der Waals surface area contributed by atoms with Crippen LogP contribution in [0, 0.1) is 13.8 Å². The molecule has 0 saturated carbocycles. The summed E-state index contributed by atoms with van der Waals surface area (Å²) >= 11 is 0. The predicted octanol–water partition coefficient (Wildman–Crippen LogP) is 1.48. The van der Waals surface area contributed by atoms with Gasteiger partial charge in [-0.05, 0) is 37.1 Å². The lowest BCUT2D eigenvalue weighted by Gasteiger charge is -2.12. The Labute approximate surface area is 123 Å². The van der Waals surface area contributed by atoms with E-state index in [-0.39, 0.29) is 11.5 Å². The molecule has 1 aromatic carbocycles. The minimum absolute atomic E-state index is 0.0673. The number of sulfonamides is 1. The Hall–Kier alpha value is -1.93. The topological polar surface area (TPSA) is 108 Å². The zero-order valence-electron chi connectivity index (χ0n) is 12.1. The zero-order chi connectivity index (χ0) is 15.6. The number of ether oxygens (including phenoxy) is 1. The molecule has 0 spiro atoms. The molecule has 0 aliphatic rings. The molecule has 0 bridgehead atoms. The monoisotopic (exact) mass is 311 g/mol. The first kappa shape index (κ1) is 15.5. The Morgan fingerprint density at radius 2 is 1.90 bits per heavy atom. The van der Waals surface area contributed by atoms with E-state index in [0.717, 1.165) is 0 Å². The molecular formula is C13H17N3O4S. The van der Waals surface area contributed by atoms with E-state index in [2.05, 4.69) is 10.1 Å². The highest BCUT2D eigenvalue weighted by molar-refractivity contribution is 7.89. The van der Waals surface area contributed by atoms with Gasteiger partial charge in [-0.15, -0.1) is 0 Å². The van der Waals surface area contributed by atoms with E-state index in [9.17, 15) is 8.42 Å². The number of aryl methyl sites for hydroxylation is 3. The first-order valence-electron chi connectivity index (χ1n) is 6.39. The molecule has 0 aliphatic heterocycles. The molecule has 2 rings (SSSR count). The van der Waals surface area contributed by atoms with Gasteiger partial charge >= 0.3 is 0 Å². The van der Waals surface area contributed by atoms with Crippen LogP contribution >= 0.6 is 0 Å². The van der Waals surface area contributed by atoms with Crippen LogP contribution < -0.4 is 9.88 Å². The van der Waals surface area contributed by atoms with Gasteiger partial charge in [0.25, 0.3) is 0 Å². The first-order valence-corrected chi connectivity index (χ1v) is 7.94. The summed E-state index contributed by atoms with van der Waals surface area (Å²) in [6.45, 7) is 5.58. The molecule has 1 heterocycles. The summed E-state index contributed by atoms with van der Waals surface area (Å²) in [6, 6.07) is 2.96. The maximum atomic E-state index is 11.4. The van der Waals surface area contributed by atoms with Gasteiger partial charge < -0.3 is 9.26 Å². The largest absolute Gasteiger partial charge is 0.485 e. The number of benzene rings is 1. The van der Waals surface area contributed by atoms with Crippen LogP contribution in [0.25, 0.3) is 0 Å². The second kappa shape index (κ2) is 5.82. The summed E-state index contributed by atoms with van der Waals surface area (Å²) in [7, 11) is -3.73. The van der Waals surface area contributed by atoms with Crippen molar-refractivity contribution in [3.8, 4) is 5.75 Å². The molecule has 7 nitrogen and oxygen atoms in total. The lowest BCUT2D eigenvalue weighted by Crippen LogP contribution is -2.13. The molecule has 2 aromatic rings. The normalized spacial score (nSPS) is 11.6. The fourth-order valence-electron chi connectivity index (χ4n) is 1.93. The maximum Gasteiger partial charge on any atom is 0.238 e. The molecule has 2 N–H and O–H groups in total.